The normalized spacial score (nSPS) is 25.1. The third-order valence-electron chi connectivity index (χ3n) is 4.92. The van der Waals surface area contributed by atoms with Crippen LogP contribution in [0.1, 0.15) is 19.8 Å². The number of hydroxylamine groups is 1. The van der Waals surface area contributed by atoms with Gasteiger partial charge >= 0.3 is 0 Å². The van der Waals surface area contributed by atoms with Gasteiger partial charge in [-0.1, -0.05) is 43.1 Å². The third kappa shape index (κ3) is 2.68. The summed E-state index contributed by atoms with van der Waals surface area (Å²) in [5.74, 6) is -1.03. The van der Waals surface area contributed by atoms with E-state index in [1.54, 1.807) is 29.3 Å². The van der Waals surface area contributed by atoms with Gasteiger partial charge in [-0.25, -0.2) is 9.96 Å². The predicted molar refractivity (Wildman–Crippen MR) is 99.9 cm³/mol. The number of anilines is 2. The van der Waals surface area contributed by atoms with Gasteiger partial charge in [-0.05, 0) is 42.8 Å². The minimum absolute atomic E-state index is 0.166. The van der Waals surface area contributed by atoms with Crippen LogP contribution in [0.3, 0.4) is 0 Å². The van der Waals surface area contributed by atoms with Gasteiger partial charge in [-0.2, -0.15) is 0 Å². The summed E-state index contributed by atoms with van der Waals surface area (Å²) < 4.78 is 0. The molecule has 0 saturated carbocycles. The maximum atomic E-state index is 13.1. The fourth-order valence-corrected chi connectivity index (χ4v) is 3.88. The number of fused-ring (bicyclic) bond motifs is 1. The van der Waals surface area contributed by atoms with Gasteiger partial charge in [0.2, 0.25) is 5.91 Å². The molecule has 3 atom stereocenters. The van der Waals surface area contributed by atoms with Crippen molar-refractivity contribution in [1.82, 2.24) is 0 Å². The molecule has 5 nitrogen and oxygen atoms in total. The van der Waals surface area contributed by atoms with Crippen molar-refractivity contribution in [1.29, 1.82) is 0 Å². The van der Waals surface area contributed by atoms with Gasteiger partial charge in [-0.15, -0.1) is 0 Å². The van der Waals surface area contributed by atoms with Crippen LogP contribution < -0.4 is 9.96 Å². The zero-order chi connectivity index (χ0) is 18.3. The van der Waals surface area contributed by atoms with E-state index in [-0.39, 0.29) is 17.9 Å². The van der Waals surface area contributed by atoms with E-state index in [1.807, 2.05) is 30.3 Å². The van der Waals surface area contributed by atoms with Gasteiger partial charge < -0.3 is 0 Å². The van der Waals surface area contributed by atoms with Crippen LogP contribution >= 0.6 is 11.6 Å². The highest BCUT2D eigenvalue weighted by Crippen LogP contribution is 2.41. The van der Waals surface area contributed by atoms with Crippen LogP contribution in [0.4, 0.5) is 11.4 Å². The first-order valence-corrected chi connectivity index (χ1v) is 9.14. The molecule has 2 amide bonds. The number of rotatable bonds is 4. The summed E-state index contributed by atoms with van der Waals surface area (Å²) in [5, 5.41) is 2.30. The van der Waals surface area contributed by atoms with E-state index >= 15 is 0 Å². The summed E-state index contributed by atoms with van der Waals surface area (Å²) in [6.07, 6.45) is 0.877. The van der Waals surface area contributed by atoms with Gasteiger partial charge in [0.1, 0.15) is 0 Å². The van der Waals surface area contributed by atoms with Crippen molar-refractivity contribution in [3.05, 3.63) is 59.6 Å². The number of carbonyl (C=O) groups excluding carboxylic acids is 2. The summed E-state index contributed by atoms with van der Waals surface area (Å²) in [7, 11) is 0. The number of imide groups is 1. The van der Waals surface area contributed by atoms with E-state index in [0.29, 0.717) is 10.7 Å². The Kier molecular flexibility index (Phi) is 4.42. The van der Waals surface area contributed by atoms with Crippen LogP contribution in [-0.2, 0) is 14.4 Å². The van der Waals surface area contributed by atoms with Gasteiger partial charge in [0, 0.05) is 5.02 Å². The fourth-order valence-electron chi connectivity index (χ4n) is 3.76. The van der Waals surface area contributed by atoms with Crippen LogP contribution in [0, 0.1) is 5.92 Å². The van der Waals surface area contributed by atoms with Crippen LogP contribution in [0.5, 0.6) is 0 Å². The lowest BCUT2D eigenvalue weighted by atomic mass is 9.93. The predicted octanol–water partition coefficient (Wildman–Crippen LogP) is 3.82. The molecule has 26 heavy (non-hydrogen) atoms. The first-order valence-electron chi connectivity index (χ1n) is 8.76. The van der Waals surface area contributed by atoms with E-state index in [1.165, 1.54) is 4.90 Å². The average Bonchev–Trinajstić information content (AvgIpc) is 3.14. The number of hydrogen-bond donors (Lipinski definition) is 0. The van der Waals surface area contributed by atoms with Crippen LogP contribution in [0.25, 0.3) is 0 Å². The first-order chi connectivity index (χ1) is 12.6. The van der Waals surface area contributed by atoms with Crippen molar-refractivity contribution in [2.45, 2.75) is 31.9 Å². The third-order valence-corrected chi connectivity index (χ3v) is 5.17. The molecule has 2 heterocycles. The number of para-hydroxylation sites is 1. The molecule has 0 unspecified atom stereocenters. The summed E-state index contributed by atoms with van der Waals surface area (Å²) in [6.45, 7) is 2.06. The van der Waals surface area contributed by atoms with Gasteiger partial charge in [0.25, 0.3) is 5.91 Å². The molecule has 4 rings (SSSR count). The molecule has 2 aliphatic heterocycles. The second-order valence-electron chi connectivity index (χ2n) is 6.56. The van der Waals surface area contributed by atoms with Crippen molar-refractivity contribution in [2.75, 3.05) is 9.96 Å². The molecule has 0 N–H and O–H groups in total. The second-order valence-corrected chi connectivity index (χ2v) is 6.99. The SMILES string of the molecule is CCC[C@@H]1[C@H]2C(=O)N(c3ccc(Cl)cc3)C(=O)[C@H]2ON1c1ccccc1. The highest BCUT2D eigenvalue weighted by molar-refractivity contribution is 6.31. The van der Waals surface area contributed by atoms with E-state index in [4.69, 9.17) is 16.4 Å². The summed E-state index contributed by atoms with van der Waals surface area (Å²) in [4.78, 5) is 33.3. The van der Waals surface area contributed by atoms with Crippen molar-refractivity contribution in [3.63, 3.8) is 0 Å². The second kappa shape index (κ2) is 6.74. The number of hydrogen-bond acceptors (Lipinski definition) is 4. The molecule has 2 fully saturated rings. The molecular formula is C20H19ClN2O3. The Labute approximate surface area is 157 Å². The summed E-state index contributed by atoms with van der Waals surface area (Å²) >= 11 is 5.92. The molecule has 0 aliphatic carbocycles. The maximum absolute atomic E-state index is 13.1. The monoisotopic (exact) mass is 370 g/mol. The fraction of sp³-hybridized carbons (Fsp3) is 0.300. The van der Waals surface area contributed by atoms with Crippen LogP contribution in [0.15, 0.2) is 54.6 Å². The number of amides is 2. The Balaban J connectivity index is 1.67. The Morgan fingerprint density at radius 1 is 0.962 bits per heavy atom. The average molecular weight is 371 g/mol. The minimum Gasteiger partial charge on any atom is -0.273 e. The molecule has 134 valence electrons. The smallest absolute Gasteiger partial charge is 0.266 e. The summed E-state index contributed by atoms with van der Waals surface area (Å²) in [5.41, 5.74) is 1.39. The Morgan fingerprint density at radius 3 is 2.31 bits per heavy atom. The number of carbonyl (C=O) groups is 2. The molecule has 6 heteroatoms. The van der Waals surface area contributed by atoms with Gasteiger partial charge in [-0.3, -0.25) is 14.4 Å². The minimum atomic E-state index is -0.782. The van der Waals surface area contributed by atoms with Gasteiger partial charge in [0.15, 0.2) is 6.10 Å². The van der Waals surface area contributed by atoms with E-state index < -0.39 is 12.0 Å². The topological polar surface area (TPSA) is 49.9 Å². The van der Waals surface area contributed by atoms with E-state index in [2.05, 4.69) is 6.92 Å². The Morgan fingerprint density at radius 2 is 1.65 bits per heavy atom. The molecule has 2 aliphatic rings. The molecular weight excluding hydrogens is 352 g/mol. The molecule has 0 bridgehead atoms. The largest absolute Gasteiger partial charge is 0.273 e. The van der Waals surface area contributed by atoms with Gasteiger partial charge in [0.05, 0.1) is 23.3 Å². The van der Waals surface area contributed by atoms with Crippen molar-refractivity contribution >= 4 is 34.8 Å². The zero-order valence-electron chi connectivity index (χ0n) is 14.3. The lowest BCUT2D eigenvalue weighted by Gasteiger charge is -2.28. The highest BCUT2D eigenvalue weighted by Gasteiger charge is 2.59. The van der Waals surface area contributed by atoms with Crippen molar-refractivity contribution < 1.29 is 14.4 Å². The number of nitrogens with zero attached hydrogens (tertiary/aromatic N) is 2. The summed E-state index contributed by atoms with van der Waals surface area (Å²) in [6, 6.07) is 16.2. The van der Waals surface area contributed by atoms with Crippen LogP contribution in [0.2, 0.25) is 5.02 Å². The Bertz CT molecular complexity index is 825. The quantitative estimate of drug-likeness (QED) is 0.768. The maximum Gasteiger partial charge on any atom is 0.266 e. The van der Waals surface area contributed by atoms with E-state index in [9.17, 15) is 9.59 Å². The molecule has 0 radical (unpaired) electrons. The van der Waals surface area contributed by atoms with Crippen molar-refractivity contribution in [2.24, 2.45) is 5.92 Å². The number of benzene rings is 2. The first kappa shape index (κ1) is 17.1. The van der Waals surface area contributed by atoms with Crippen LogP contribution in [-0.4, -0.2) is 24.0 Å². The highest BCUT2D eigenvalue weighted by atomic mass is 35.5. The molecule has 0 spiro atoms. The lowest BCUT2D eigenvalue weighted by molar-refractivity contribution is -0.126. The molecule has 0 aromatic heterocycles. The molecule has 2 saturated heterocycles. The lowest BCUT2D eigenvalue weighted by Crippen LogP contribution is -2.40. The van der Waals surface area contributed by atoms with E-state index in [0.717, 1.165) is 18.5 Å². The standard InChI is InChI=1S/C20H19ClN2O3/c1-2-6-16-17-18(26-23(16)15-7-4-3-5-8-15)20(25)22(19(17)24)14-11-9-13(21)10-12-14/h3-5,7-12,16-18H,2,6H2,1H3/t16-,17-,18+/m1/s1. The molecule has 2 aromatic rings. The zero-order valence-corrected chi connectivity index (χ0v) is 15.1. The Hall–Kier alpha value is -2.37. The molecule has 2 aromatic carbocycles. The number of halogens is 1. The van der Waals surface area contributed by atoms with Crippen molar-refractivity contribution in [3.8, 4) is 0 Å².